The predicted molar refractivity (Wildman–Crippen MR) is 126 cm³/mol. The highest BCUT2D eigenvalue weighted by molar-refractivity contribution is 6.35. The summed E-state index contributed by atoms with van der Waals surface area (Å²) >= 11 is 12.3. The second-order valence-corrected chi connectivity index (χ2v) is 8.45. The van der Waals surface area contributed by atoms with E-state index in [0.29, 0.717) is 21.3 Å². The average Bonchev–Trinajstić information content (AvgIpc) is 3.28. The molecule has 0 spiro atoms. The first kappa shape index (κ1) is 23.9. The van der Waals surface area contributed by atoms with Crippen LogP contribution in [0.3, 0.4) is 0 Å². The first-order valence-corrected chi connectivity index (χ1v) is 10.9. The number of aromatic nitrogens is 2. The minimum Gasteiger partial charge on any atom is -0.347 e. The van der Waals surface area contributed by atoms with Gasteiger partial charge in [0.15, 0.2) is 0 Å². The van der Waals surface area contributed by atoms with E-state index in [-0.39, 0.29) is 17.8 Å². The molecule has 4 aromatic rings. The van der Waals surface area contributed by atoms with Crippen LogP contribution in [0.25, 0.3) is 16.8 Å². The molecule has 1 N–H and O–H groups in total. The van der Waals surface area contributed by atoms with Gasteiger partial charge in [-0.05, 0) is 59.5 Å². The molecule has 1 amide bonds. The van der Waals surface area contributed by atoms with Crippen molar-refractivity contribution in [2.75, 3.05) is 0 Å². The van der Waals surface area contributed by atoms with Crippen LogP contribution in [0.15, 0.2) is 73.2 Å². The molecule has 1 aromatic heterocycles. The molecule has 0 unspecified atom stereocenters. The van der Waals surface area contributed by atoms with Gasteiger partial charge in [0, 0.05) is 22.3 Å². The quantitative estimate of drug-likeness (QED) is 0.315. The van der Waals surface area contributed by atoms with Gasteiger partial charge in [-0.15, -0.1) is 0 Å². The second-order valence-electron chi connectivity index (χ2n) is 7.61. The molecule has 4 nitrogen and oxygen atoms in total. The van der Waals surface area contributed by atoms with Crippen LogP contribution in [0.4, 0.5) is 13.2 Å². The van der Waals surface area contributed by atoms with E-state index >= 15 is 0 Å². The first-order valence-electron chi connectivity index (χ1n) is 10.2. The van der Waals surface area contributed by atoms with Crippen molar-refractivity contribution in [2.24, 2.45) is 0 Å². The molecule has 174 valence electrons. The maximum atomic E-state index is 13.5. The van der Waals surface area contributed by atoms with Gasteiger partial charge in [0.2, 0.25) is 0 Å². The van der Waals surface area contributed by atoms with Gasteiger partial charge in [0.25, 0.3) is 5.91 Å². The van der Waals surface area contributed by atoms with E-state index in [4.69, 9.17) is 23.2 Å². The van der Waals surface area contributed by atoms with Crippen LogP contribution in [-0.2, 0) is 12.7 Å². The number of hydrogen-bond acceptors (Lipinski definition) is 2. The number of rotatable bonds is 5. The lowest BCUT2D eigenvalue weighted by Gasteiger charge is -2.15. The molecule has 4 rings (SSSR count). The Bertz CT molecular complexity index is 1340. The molecule has 3 aromatic carbocycles. The number of halogens is 5. The number of benzene rings is 3. The van der Waals surface area contributed by atoms with E-state index in [2.05, 4.69) is 10.3 Å². The Morgan fingerprint density at radius 2 is 1.82 bits per heavy atom. The van der Waals surface area contributed by atoms with Crippen LogP contribution in [0.1, 0.15) is 27.2 Å². The summed E-state index contributed by atoms with van der Waals surface area (Å²) < 4.78 is 42.0. The molecule has 0 saturated carbocycles. The van der Waals surface area contributed by atoms with E-state index in [1.807, 2.05) is 6.92 Å². The Labute approximate surface area is 204 Å². The van der Waals surface area contributed by atoms with Crippen LogP contribution < -0.4 is 5.32 Å². The van der Waals surface area contributed by atoms with Gasteiger partial charge in [0.05, 0.1) is 18.1 Å². The second kappa shape index (κ2) is 9.52. The van der Waals surface area contributed by atoms with Crippen molar-refractivity contribution in [3.63, 3.8) is 0 Å². The van der Waals surface area contributed by atoms with Crippen LogP contribution in [-0.4, -0.2) is 15.5 Å². The van der Waals surface area contributed by atoms with Crippen molar-refractivity contribution in [2.45, 2.75) is 19.6 Å². The van der Waals surface area contributed by atoms with Gasteiger partial charge in [-0.25, -0.2) is 4.98 Å². The summed E-state index contributed by atoms with van der Waals surface area (Å²) in [4.78, 5) is 17.0. The highest BCUT2D eigenvalue weighted by atomic mass is 35.5. The molecule has 34 heavy (non-hydrogen) atoms. The average molecular weight is 504 g/mol. The zero-order chi connectivity index (χ0) is 24.5. The van der Waals surface area contributed by atoms with Crippen molar-refractivity contribution in [1.82, 2.24) is 14.9 Å². The summed E-state index contributed by atoms with van der Waals surface area (Å²) in [7, 11) is 0. The molecule has 0 radical (unpaired) electrons. The van der Waals surface area contributed by atoms with E-state index in [9.17, 15) is 18.0 Å². The van der Waals surface area contributed by atoms with E-state index in [1.165, 1.54) is 29.2 Å². The lowest BCUT2D eigenvalue weighted by atomic mass is 9.99. The molecule has 0 aliphatic rings. The number of carbonyl (C=O) groups excluding carboxylic acids is 1. The Kier molecular flexibility index (Phi) is 6.68. The van der Waals surface area contributed by atoms with Crippen LogP contribution in [0, 0.1) is 6.92 Å². The number of alkyl halides is 3. The molecule has 0 saturated heterocycles. The van der Waals surface area contributed by atoms with E-state index in [1.54, 1.807) is 42.5 Å². The smallest absolute Gasteiger partial charge is 0.347 e. The number of aryl methyl sites for hydroxylation is 1. The Hall–Kier alpha value is -3.29. The number of amides is 1. The minimum absolute atomic E-state index is 0.0517. The molecule has 0 aliphatic carbocycles. The van der Waals surface area contributed by atoms with Crippen LogP contribution >= 0.6 is 23.2 Å². The van der Waals surface area contributed by atoms with Gasteiger partial charge < -0.3 is 5.32 Å². The fourth-order valence-corrected chi connectivity index (χ4v) is 4.35. The Balaban J connectivity index is 1.62. The third-order valence-electron chi connectivity index (χ3n) is 5.35. The SMILES string of the molecule is Cc1cc(Cl)cc(Cl)c1CNC(=O)c1cncn1-c1cccc(-c2ccccc2C(F)(F)F)c1. The van der Waals surface area contributed by atoms with Crippen molar-refractivity contribution in [3.05, 3.63) is 106 Å². The van der Waals surface area contributed by atoms with Gasteiger partial charge in [-0.2, -0.15) is 13.2 Å². The zero-order valence-corrected chi connectivity index (χ0v) is 19.3. The van der Waals surface area contributed by atoms with E-state index < -0.39 is 17.6 Å². The summed E-state index contributed by atoms with van der Waals surface area (Å²) in [5, 5.41) is 3.75. The highest BCUT2D eigenvalue weighted by Gasteiger charge is 2.33. The fraction of sp³-hybridized carbons (Fsp3) is 0.120. The monoisotopic (exact) mass is 503 g/mol. The number of carbonyl (C=O) groups is 1. The molecular formula is C25H18Cl2F3N3O. The summed E-state index contributed by atoms with van der Waals surface area (Å²) in [6.45, 7) is 2.01. The van der Waals surface area contributed by atoms with Crippen molar-refractivity contribution < 1.29 is 18.0 Å². The Morgan fingerprint density at radius 3 is 2.56 bits per heavy atom. The minimum atomic E-state index is -4.49. The van der Waals surface area contributed by atoms with Crippen molar-refractivity contribution in [1.29, 1.82) is 0 Å². The largest absolute Gasteiger partial charge is 0.417 e. The standard InChI is InChI=1S/C25H18Cl2F3N3O/c1-15-9-17(26)11-22(27)20(15)12-32-24(34)23-13-31-14-33(23)18-6-4-5-16(10-18)19-7-2-3-8-21(19)25(28,29)30/h2-11,13-14H,12H2,1H3,(H,32,34). The molecule has 1 heterocycles. The highest BCUT2D eigenvalue weighted by Crippen LogP contribution is 2.37. The van der Waals surface area contributed by atoms with Gasteiger partial charge in [-0.1, -0.05) is 53.5 Å². The van der Waals surface area contributed by atoms with E-state index in [0.717, 1.165) is 17.2 Å². The molecule has 0 bridgehead atoms. The topological polar surface area (TPSA) is 46.9 Å². The van der Waals surface area contributed by atoms with Crippen molar-refractivity contribution >= 4 is 29.1 Å². The lowest BCUT2D eigenvalue weighted by molar-refractivity contribution is -0.137. The van der Waals surface area contributed by atoms with Gasteiger partial charge in [-0.3, -0.25) is 9.36 Å². The van der Waals surface area contributed by atoms with Crippen LogP contribution in [0.2, 0.25) is 10.0 Å². The number of imidazole rings is 1. The summed E-state index contributed by atoms with van der Waals surface area (Å²) in [6, 6.07) is 15.2. The summed E-state index contributed by atoms with van der Waals surface area (Å²) in [5.74, 6) is -0.413. The molecule has 0 fully saturated rings. The predicted octanol–water partition coefficient (Wildman–Crippen LogP) is 7.10. The number of hydrogen-bond donors (Lipinski definition) is 1. The maximum absolute atomic E-state index is 13.5. The number of nitrogens with zero attached hydrogens (tertiary/aromatic N) is 2. The molecule has 0 aliphatic heterocycles. The zero-order valence-electron chi connectivity index (χ0n) is 17.8. The van der Waals surface area contributed by atoms with Crippen LogP contribution in [0.5, 0.6) is 0 Å². The maximum Gasteiger partial charge on any atom is 0.417 e. The number of nitrogens with one attached hydrogen (secondary N) is 1. The summed E-state index contributed by atoms with van der Waals surface area (Å²) in [6.07, 6.45) is -1.67. The summed E-state index contributed by atoms with van der Waals surface area (Å²) in [5.41, 5.74) is 1.98. The van der Waals surface area contributed by atoms with Crippen molar-refractivity contribution in [3.8, 4) is 16.8 Å². The third-order valence-corrected chi connectivity index (χ3v) is 5.90. The van der Waals surface area contributed by atoms with Gasteiger partial charge in [0.1, 0.15) is 5.69 Å². The van der Waals surface area contributed by atoms with Gasteiger partial charge >= 0.3 is 6.18 Å². The third kappa shape index (κ3) is 4.95. The molecular weight excluding hydrogens is 486 g/mol. The molecule has 9 heteroatoms. The normalized spacial score (nSPS) is 11.5. The first-order chi connectivity index (χ1) is 16.1. The fourth-order valence-electron chi connectivity index (χ4n) is 3.69. The molecule has 0 atom stereocenters. The lowest BCUT2D eigenvalue weighted by Crippen LogP contribution is -2.25. The Morgan fingerprint density at radius 1 is 1.06 bits per heavy atom.